The number of unbranched alkanes of at least 4 members (excludes halogenated alkanes) is 1. The van der Waals surface area contributed by atoms with Crippen LogP contribution < -0.4 is 4.90 Å². The van der Waals surface area contributed by atoms with Gasteiger partial charge in [0, 0.05) is 50.0 Å². The van der Waals surface area contributed by atoms with Gasteiger partial charge in [0.25, 0.3) is 0 Å². The van der Waals surface area contributed by atoms with Crippen LogP contribution in [0.25, 0.3) is 33.1 Å². The molecule has 2 unspecified atom stereocenters. The Kier molecular flexibility index (Phi) is 10.0. The second-order valence-electron chi connectivity index (χ2n) is 12.8. The van der Waals surface area contributed by atoms with Crippen molar-refractivity contribution in [2.75, 3.05) is 51.3 Å². The first kappa shape index (κ1) is 33.5. The molecule has 7 rings (SSSR count). The molecular formula is C36H42F2N6O4. The van der Waals surface area contributed by atoms with Gasteiger partial charge in [-0.1, -0.05) is 37.8 Å². The minimum atomic E-state index is -3.43. The maximum absolute atomic E-state index is 15.6. The van der Waals surface area contributed by atoms with Crippen molar-refractivity contribution in [1.29, 1.82) is 0 Å². The van der Waals surface area contributed by atoms with Gasteiger partial charge in [-0.3, -0.25) is 0 Å². The number of aldehydes is 1. The number of furan rings is 1. The second-order valence-corrected chi connectivity index (χ2v) is 12.8. The van der Waals surface area contributed by atoms with Crippen LogP contribution in [-0.2, 0) is 15.5 Å². The number of alkyl halides is 2. The first-order valence-electron chi connectivity index (χ1n) is 16.5. The Hall–Kier alpha value is -4.42. The number of aromatic nitrogens is 4. The number of hydrogen-bond acceptors (Lipinski definition) is 9. The Labute approximate surface area is 278 Å². The molecule has 5 heterocycles. The number of likely N-dealkylation sites (tertiary alicyclic amines) is 1. The van der Waals surface area contributed by atoms with E-state index in [1.54, 1.807) is 0 Å². The van der Waals surface area contributed by atoms with Crippen molar-refractivity contribution in [3.63, 3.8) is 0 Å². The fraction of sp³-hybridized carbons (Fsp3) is 0.444. The molecule has 48 heavy (non-hydrogen) atoms. The van der Waals surface area contributed by atoms with Crippen LogP contribution in [0.5, 0.6) is 0 Å². The highest BCUT2D eigenvalue weighted by atomic mass is 19.3. The van der Waals surface area contributed by atoms with E-state index in [2.05, 4.69) is 58.2 Å². The number of hydrogen-bond donors (Lipinski definition) is 1. The van der Waals surface area contributed by atoms with Gasteiger partial charge in [0.15, 0.2) is 11.4 Å². The lowest BCUT2D eigenvalue weighted by atomic mass is 9.93. The zero-order chi connectivity index (χ0) is 33.8. The fourth-order valence-corrected chi connectivity index (χ4v) is 7.08. The predicted octanol–water partition coefficient (Wildman–Crippen LogP) is 7.01. The van der Waals surface area contributed by atoms with Crippen molar-refractivity contribution in [2.45, 2.75) is 50.5 Å². The van der Waals surface area contributed by atoms with E-state index in [1.165, 1.54) is 0 Å². The van der Waals surface area contributed by atoms with Gasteiger partial charge in [0.1, 0.15) is 29.8 Å². The number of fused-ring (bicyclic) bond motifs is 4. The largest absolute Gasteiger partial charge is 0.516 e. The molecule has 2 fully saturated rings. The number of aliphatic hydroxyl groups is 1. The van der Waals surface area contributed by atoms with Gasteiger partial charge in [0.05, 0.1) is 17.3 Å². The summed E-state index contributed by atoms with van der Waals surface area (Å²) in [5.41, 5.74) is 3.46. The van der Waals surface area contributed by atoms with Crippen LogP contribution in [0.15, 0.2) is 65.8 Å². The Morgan fingerprint density at radius 2 is 1.85 bits per heavy atom. The number of halogens is 2. The number of carbonyl (C=O) groups excluding carboxylic acids is 1. The highest BCUT2D eigenvalue weighted by Gasteiger charge is 2.40. The average molecular weight is 661 g/mol. The molecule has 0 amide bonds. The highest BCUT2D eigenvalue weighted by Crippen LogP contribution is 2.41. The molecule has 2 aliphatic heterocycles. The summed E-state index contributed by atoms with van der Waals surface area (Å²) in [5.74, 6) is -2.07. The Bertz CT molecular complexity index is 1890. The van der Waals surface area contributed by atoms with Gasteiger partial charge in [-0.05, 0) is 63.0 Å². The maximum atomic E-state index is 15.6. The summed E-state index contributed by atoms with van der Waals surface area (Å²) in [4.78, 5) is 29.0. The summed E-state index contributed by atoms with van der Waals surface area (Å²) in [7, 11) is 2.17. The van der Waals surface area contributed by atoms with Crippen LogP contribution in [0.2, 0.25) is 0 Å². The number of ether oxygens (including phenoxy) is 1. The van der Waals surface area contributed by atoms with Crippen molar-refractivity contribution in [1.82, 2.24) is 24.4 Å². The van der Waals surface area contributed by atoms with E-state index in [4.69, 9.17) is 19.2 Å². The van der Waals surface area contributed by atoms with Gasteiger partial charge in [-0.2, -0.15) is 8.78 Å². The summed E-state index contributed by atoms with van der Waals surface area (Å²) in [6, 6.07) is 16.0. The molecule has 10 nitrogen and oxygen atoms in total. The number of anilines is 1. The Morgan fingerprint density at radius 1 is 1.08 bits per heavy atom. The zero-order valence-corrected chi connectivity index (χ0v) is 27.4. The lowest BCUT2D eigenvalue weighted by Gasteiger charge is -2.37. The molecule has 2 aromatic carbocycles. The van der Waals surface area contributed by atoms with E-state index in [0.717, 1.165) is 55.3 Å². The third kappa shape index (κ3) is 6.64. The minimum Gasteiger partial charge on any atom is -0.516 e. The summed E-state index contributed by atoms with van der Waals surface area (Å²) in [6.07, 6.45) is 4.00. The predicted molar refractivity (Wildman–Crippen MR) is 182 cm³/mol. The van der Waals surface area contributed by atoms with E-state index >= 15 is 8.78 Å². The molecule has 0 saturated carbocycles. The molecule has 0 aliphatic carbocycles. The minimum absolute atomic E-state index is 0.0583. The number of carbonyl (C=O) groups is 1. The van der Waals surface area contributed by atoms with Crippen molar-refractivity contribution in [2.24, 2.45) is 5.92 Å². The number of rotatable bonds is 10. The van der Waals surface area contributed by atoms with Crippen LogP contribution in [0.1, 0.15) is 56.2 Å². The van der Waals surface area contributed by atoms with E-state index in [-0.39, 0.29) is 18.9 Å². The summed E-state index contributed by atoms with van der Waals surface area (Å²) < 4.78 is 45.1. The SMILES string of the molecule is C=CO.C[C@H]1CN(C)CCC1n1c(C2CCN(c3nc(C(F)(F)COCCCC=O)nc4c3oc3ccccc34)C2)nc2ccccc21. The summed E-state index contributed by atoms with van der Waals surface area (Å²) in [6.45, 7) is 7.66. The van der Waals surface area contributed by atoms with Gasteiger partial charge >= 0.3 is 5.92 Å². The van der Waals surface area contributed by atoms with Crippen LogP contribution in [-0.4, -0.2) is 82.3 Å². The van der Waals surface area contributed by atoms with Crippen molar-refractivity contribution < 1.29 is 27.8 Å². The van der Waals surface area contributed by atoms with Crippen molar-refractivity contribution >= 4 is 45.2 Å². The molecule has 5 aromatic rings. The van der Waals surface area contributed by atoms with E-state index in [9.17, 15) is 4.79 Å². The van der Waals surface area contributed by atoms with E-state index in [1.807, 2.05) is 35.2 Å². The zero-order valence-electron chi connectivity index (χ0n) is 27.4. The fourth-order valence-electron chi connectivity index (χ4n) is 7.08. The van der Waals surface area contributed by atoms with Crippen molar-refractivity contribution in [3.8, 4) is 0 Å². The third-order valence-corrected chi connectivity index (χ3v) is 9.29. The molecule has 3 aromatic heterocycles. The van der Waals surface area contributed by atoms with E-state index < -0.39 is 18.4 Å². The number of imidazole rings is 1. The molecular weight excluding hydrogens is 618 g/mol. The summed E-state index contributed by atoms with van der Waals surface area (Å²) in [5, 5.41) is 7.99. The topological polar surface area (TPSA) is 110 Å². The first-order valence-corrected chi connectivity index (χ1v) is 16.5. The molecule has 12 heteroatoms. The number of piperidine rings is 1. The van der Waals surface area contributed by atoms with Crippen LogP contribution in [0, 0.1) is 5.92 Å². The monoisotopic (exact) mass is 660 g/mol. The highest BCUT2D eigenvalue weighted by molar-refractivity contribution is 6.05. The molecule has 0 bridgehead atoms. The maximum Gasteiger partial charge on any atom is 0.329 e. The number of benzene rings is 2. The first-order chi connectivity index (χ1) is 23.2. The third-order valence-electron chi connectivity index (χ3n) is 9.29. The standard InChI is InChI=1S/C34H38F2N6O3.C2H4O/c1-22-19-40(2)15-14-26(22)42-27-11-5-4-10-25(27)37-31(42)23-13-16-41(20-23)32-30-29(24-9-3-6-12-28(24)45-30)38-33(39-32)34(35,36)21-44-18-8-7-17-43;1-2-3/h3-6,9-12,17,22-23,26H,7-8,13-16,18-21H2,1-2H3;2-3H,1H2/t22-,23?,26?;/m0./s1. The molecule has 0 radical (unpaired) electrons. The van der Waals surface area contributed by atoms with Gasteiger partial charge < -0.3 is 33.4 Å². The molecule has 2 saturated heterocycles. The molecule has 1 N–H and O–H groups in total. The summed E-state index contributed by atoms with van der Waals surface area (Å²) >= 11 is 0. The quantitative estimate of drug-likeness (QED) is 0.0961. The van der Waals surface area contributed by atoms with Gasteiger partial charge in [-0.25, -0.2) is 15.0 Å². The van der Waals surface area contributed by atoms with Crippen LogP contribution >= 0.6 is 0 Å². The number of nitrogens with zero attached hydrogens (tertiary/aromatic N) is 6. The normalized spacial score (nSPS) is 20.3. The molecule has 2 aliphatic rings. The lowest BCUT2D eigenvalue weighted by molar-refractivity contribution is -0.108. The average Bonchev–Trinajstić information content (AvgIpc) is 3.80. The smallest absolute Gasteiger partial charge is 0.329 e. The van der Waals surface area contributed by atoms with E-state index in [0.29, 0.717) is 59.4 Å². The van der Waals surface area contributed by atoms with Gasteiger partial charge in [0.2, 0.25) is 5.82 Å². The molecule has 254 valence electrons. The molecule has 3 atom stereocenters. The number of para-hydroxylation sites is 3. The van der Waals surface area contributed by atoms with Crippen molar-refractivity contribution in [3.05, 3.63) is 73.0 Å². The van der Waals surface area contributed by atoms with Gasteiger partial charge in [-0.15, -0.1) is 0 Å². The number of aliphatic hydroxyl groups excluding tert-OH is 1. The van der Waals surface area contributed by atoms with Crippen LogP contribution in [0.3, 0.4) is 0 Å². The Balaban J connectivity index is 0.00000129. The van der Waals surface area contributed by atoms with Crippen LogP contribution in [0.4, 0.5) is 14.6 Å². The second kappa shape index (κ2) is 14.4. The Morgan fingerprint density at radius 3 is 2.65 bits per heavy atom. The molecule has 0 spiro atoms. The lowest BCUT2D eigenvalue weighted by Crippen LogP contribution is -2.38.